The molecule has 2 rings (SSSR count). The van der Waals surface area contributed by atoms with E-state index in [9.17, 15) is 9.50 Å². The molecular formula is C14H10BrCl2FO. The van der Waals surface area contributed by atoms with Crippen LogP contribution in [-0.2, 0) is 6.42 Å². The predicted molar refractivity (Wildman–Crippen MR) is 79.2 cm³/mol. The van der Waals surface area contributed by atoms with E-state index in [1.165, 1.54) is 12.1 Å². The Morgan fingerprint density at radius 2 is 1.89 bits per heavy atom. The van der Waals surface area contributed by atoms with Crippen molar-refractivity contribution < 1.29 is 9.50 Å². The molecule has 1 atom stereocenters. The Kier molecular flexibility index (Phi) is 4.85. The summed E-state index contributed by atoms with van der Waals surface area (Å²) in [7, 11) is 0. The van der Waals surface area contributed by atoms with E-state index in [4.69, 9.17) is 23.2 Å². The van der Waals surface area contributed by atoms with Gasteiger partial charge in [0.2, 0.25) is 0 Å². The molecule has 0 saturated carbocycles. The molecule has 0 aromatic heterocycles. The zero-order valence-corrected chi connectivity index (χ0v) is 12.8. The molecule has 1 N–H and O–H groups in total. The average molecular weight is 364 g/mol. The van der Waals surface area contributed by atoms with E-state index >= 15 is 0 Å². The van der Waals surface area contributed by atoms with Crippen molar-refractivity contribution in [3.63, 3.8) is 0 Å². The zero-order chi connectivity index (χ0) is 14.0. The van der Waals surface area contributed by atoms with Gasteiger partial charge in [0.1, 0.15) is 5.82 Å². The molecule has 1 nitrogen and oxygen atoms in total. The number of rotatable bonds is 3. The Labute approximate surface area is 129 Å². The van der Waals surface area contributed by atoms with Crippen LogP contribution in [0.1, 0.15) is 17.2 Å². The van der Waals surface area contributed by atoms with E-state index < -0.39 is 11.9 Å². The van der Waals surface area contributed by atoms with E-state index in [0.717, 1.165) is 4.47 Å². The number of halogens is 4. The van der Waals surface area contributed by atoms with Crippen molar-refractivity contribution in [2.45, 2.75) is 12.5 Å². The molecule has 0 fully saturated rings. The first-order valence-corrected chi connectivity index (χ1v) is 7.10. The van der Waals surface area contributed by atoms with Crippen molar-refractivity contribution in [2.75, 3.05) is 0 Å². The molecule has 0 spiro atoms. The summed E-state index contributed by atoms with van der Waals surface area (Å²) in [4.78, 5) is 0. The van der Waals surface area contributed by atoms with Crippen LogP contribution in [-0.4, -0.2) is 5.11 Å². The molecule has 2 aromatic rings. The molecule has 0 aliphatic heterocycles. The van der Waals surface area contributed by atoms with Gasteiger partial charge in [-0.25, -0.2) is 4.39 Å². The van der Waals surface area contributed by atoms with Crippen molar-refractivity contribution in [3.8, 4) is 0 Å². The molecule has 0 radical (unpaired) electrons. The summed E-state index contributed by atoms with van der Waals surface area (Å²) >= 11 is 15.3. The first-order chi connectivity index (χ1) is 8.99. The number of benzene rings is 2. The average Bonchev–Trinajstić information content (AvgIpc) is 2.37. The fourth-order valence-electron chi connectivity index (χ4n) is 1.80. The van der Waals surface area contributed by atoms with Crippen LogP contribution in [0.4, 0.5) is 4.39 Å². The van der Waals surface area contributed by atoms with E-state index in [1.807, 2.05) is 0 Å². The van der Waals surface area contributed by atoms with Crippen LogP contribution < -0.4 is 0 Å². The van der Waals surface area contributed by atoms with Gasteiger partial charge in [0, 0.05) is 32.1 Å². The van der Waals surface area contributed by atoms with Crippen LogP contribution in [0.5, 0.6) is 0 Å². The summed E-state index contributed by atoms with van der Waals surface area (Å²) in [5.41, 5.74) is 0.822. The molecule has 2 aromatic carbocycles. The zero-order valence-electron chi connectivity index (χ0n) is 9.71. The maximum Gasteiger partial charge on any atom is 0.127 e. The Bertz CT molecular complexity index is 584. The lowest BCUT2D eigenvalue weighted by molar-refractivity contribution is 0.177. The largest absolute Gasteiger partial charge is 0.388 e. The van der Waals surface area contributed by atoms with Crippen molar-refractivity contribution in [2.24, 2.45) is 0 Å². The van der Waals surface area contributed by atoms with Gasteiger partial charge in [0.25, 0.3) is 0 Å². The maximum atomic E-state index is 13.7. The highest BCUT2D eigenvalue weighted by Gasteiger charge is 2.17. The fraction of sp³-hybridized carbons (Fsp3) is 0.143. The van der Waals surface area contributed by atoms with Gasteiger partial charge >= 0.3 is 0 Å². The Morgan fingerprint density at radius 3 is 2.58 bits per heavy atom. The van der Waals surface area contributed by atoms with Gasteiger partial charge in [-0.2, -0.15) is 0 Å². The Balaban J connectivity index is 2.31. The smallest absolute Gasteiger partial charge is 0.127 e. The molecule has 100 valence electrons. The van der Waals surface area contributed by atoms with Crippen LogP contribution in [0, 0.1) is 5.82 Å². The predicted octanol–water partition coefficient (Wildman–Crippen LogP) is 5.17. The van der Waals surface area contributed by atoms with Crippen molar-refractivity contribution >= 4 is 39.1 Å². The molecule has 0 amide bonds. The van der Waals surface area contributed by atoms with Gasteiger partial charge in [-0.05, 0) is 30.3 Å². The summed E-state index contributed by atoms with van der Waals surface area (Å²) in [5.74, 6) is -0.433. The van der Waals surface area contributed by atoms with Crippen LogP contribution in [0.15, 0.2) is 40.9 Å². The summed E-state index contributed by atoms with van der Waals surface area (Å²) < 4.78 is 14.5. The summed E-state index contributed by atoms with van der Waals surface area (Å²) in [6, 6.07) is 9.59. The van der Waals surface area contributed by atoms with Crippen molar-refractivity contribution in [1.82, 2.24) is 0 Å². The van der Waals surface area contributed by atoms with E-state index in [-0.39, 0.29) is 12.0 Å². The molecule has 1 unspecified atom stereocenters. The van der Waals surface area contributed by atoms with Crippen LogP contribution in [0.2, 0.25) is 10.0 Å². The highest BCUT2D eigenvalue weighted by Crippen LogP contribution is 2.31. The van der Waals surface area contributed by atoms with Gasteiger partial charge < -0.3 is 5.11 Å². The number of hydrogen-bond acceptors (Lipinski definition) is 1. The van der Waals surface area contributed by atoms with E-state index in [0.29, 0.717) is 15.6 Å². The number of aliphatic hydroxyl groups is 1. The van der Waals surface area contributed by atoms with E-state index in [2.05, 4.69) is 15.9 Å². The standard InChI is InChI=1S/C14H10BrCl2FO/c15-8-4-5-12(17)10(6-8)14(19)7-9-11(16)2-1-3-13(9)18/h1-6,14,19H,7H2. The fourth-order valence-corrected chi connectivity index (χ4v) is 2.66. The summed E-state index contributed by atoms with van der Waals surface area (Å²) in [6.45, 7) is 0. The van der Waals surface area contributed by atoms with Gasteiger partial charge in [-0.15, -0.1) is 0 Å². The quantitative estimate of drug-likeness (QED) is 0.797. The highest BCUT2D eigenvalue weighted by atomic mass is 79.9. The minimum atomic E-state index is -0.917. The molecule has 0 saturated heterocycles. The summed E-state index contributed by atoms with van der Waals surface area (Å²) in [5, 5.41) is 10.9. The molecular weight excluding hydrogens is 354 g/mol. The van der Waals surface area contributed by atoms with Crippen LogP contribution in [0.25, 0.3) is 0 Å². The second kappa shape index (κ2) is 6.23. The monoisotopic (exact) mass is 362 g/mol. The molecule has 0 aliphatic rings. The number of hydrogen-bond donors (Lipinski definition) is 1. The van der Waals surface area contributed by atoms with Gasteiger partial charge in [0.05, 0.1) is 6.10 Å². The Hall–Kier alpha value is -0.610. The SMILES string of the molecule is OC(Cc1c(F)cccc1Cl)c1cc(Br)ccc1Cl. The molecule has 19 heavy (non-hydrogen) atoms. The van der Waals surface area contributed by atoms with Crippen LogP contribution in [0.3, 0.4) is 0 Å². The second-order valence-electron chi connectivity index (χ2n) is 4.09. The number of aliphatic hydroxyl groups excluding tert-OH is 1. The van der Waals surface area contributed by atoms with Crippen molar-refractivity contribution in [1.29, 1.82) is 0 Å². The van der Waals surface area contributed by atoms with Gasteiger partial charge in [0.15, 0.2) is 0 Å². The third-order valence-electron chi connectivity index (χ3n) is 2.78. The van der Waals surface area contributed by atoms with Crippen molar-refractivity contribution in [3.05, 3.63) is 67.9 Å². The third kappa shape index (κ3) is 3.48. The van der Waals surface area contributed by atoms with Gasteiger partial charge in [-0.1, -0.05) is 45.2 Å². The molecule has 0 heterocycles. The molecule has 0 aliphatic carbocycles. The first kappa shape index (κ1) is 14.8. The third-order valence-corrected chi connectivity index (χ3v) is 3.97. The second-order valence-corrected chi connectivity index (χ2v) is 5.82. The highest BCUT2D eigenvalue weighted by molar-refractivity contribution is 9.10. The molecule has 0 bridgehead atoms. The Morgan fingerprint density at radius 1 is 1.16 bits per heavy atom. The maximum absolute atomic E-state index is 13.7. The summed E-state index contributed by atoms with van der Waals surface area (Å²) in [6.07, 6.45) is -0.846. The minimum Gasteiger partial charge on any atom is -0.388 e. The lowest BCUT2D eigenvalue weighted by Crippen LogP contribution is -2.05. The normalized spacial score (nSPS) is 12.5. The van der Waals surface area contributed by atoms with E-state index in [1.54, 1.807) is 24.3 Å². The molecule has 5 heteroatoms. The minimum absolute atomic E-state index is 0.0711. The topological polar surface area (TPSA) is 20.2 Å². The first-order valence-electron chi connectivity index (χ1n) is 5.55. The van der Waals surface area contributed by atoms with Crippen LogP contribution >= 0.6 is 39.1 Å². The lowest BCUT2D eigenvalue weighted by atomic mass is 10.0. The van der Waals surface area contributed by atoms with Gasteiger partial charge in [-0.3, -0.25) is 0 Å². The lowest BCUT2D eigenvalue weighted by Gasteiger charge is -2.14.